The van der Waals surface area contributed by atoms with E-state index in [0.29, 0.717) is 26.2 Å². The number of aromatic amines is 1. The van der Waals surface area contributed by atoms with Gasteiger partial charge >= 0.3 is 5.69 Å². The predicted molar refractivity (Wildman–Crippen MR) is 88.2 cm³/mol. The molecule has 0 aromatic carbocycles. The Kier molecular flexibility index (Phi) is 6.10. The highest BCUT2D eigenvalue weighted by Crippen LogP contribution is 2.13. The lowest BCUT2D eigenvalue weighted by atomic mass is 10.1. The number of allylic oxidation sites excluding steroid dienone is 1. The predicted octanol–water partition coefficient (Wildman–Crippen LogP) is -0.0563. The largest absolute Gasteiger partial charge is 0.379 e. The van der Waals surface area contributed by atoms with E-state index in [1.165, 1.54) is 13.2 Å². The van der Waals surface area contributed by atoms with Gasteiger partial charge in [0.1, 0.15) is 5.56 Å². The van der Waals surface area contributed by atoms with Crippen LogP contribution in [0.4, 0.5) is 0 Å². The van der Waals surface area contributed by atoms with Crippen molar-refractivity contribution in [3.8, 4) is 0 Å². The number of rotatable bonds is 5. The van der Waals surface area contributed by atoms with Gasteiger partial charge in [0.25, 0.3) is 11.5 Å². The molecule has 1 fully saturated rings. The molecule has 1 aromatic rings. The van der Waals surface area contributed by atoms with Crippen LogP contribution in [0.3, 0.4) is 0 Å². The fraction of sp³-hybridized carbons (Fsp3) is 0.562. The molecule has 0 unspecified atom stereocenters. The van der Waals surface area contributed by atoms with Gasteiger partial charge in [-0.2, -0.15) is 0 Å². The summed E-state index contributed by atoms with van der Waals surface area (Å²) < 4.78 is 12.4. The van der Waals surface area contributed by atoms with Crippen molar-refractivity contribution in [1.82, 2.24) is 14.9 Å². The summed E-state index contributed by atoms with van der Waals surface area (Å²) >= 11 is 0. The third-order valence-electron chi connectivity index (χ3n) is 3.76. The van der Waals surface area contributed by atoms with E-state index in [4.69, 9.17) is 9.47 Å². The zero-order valence-electron chi connectivity index (χ0n) is 14.1. The Morgan fingerprint density at radius 2 is 2.25 bits per heavy atom. The maximum absolute atomic E-state index is 12.4. The molecule has 8 heteroatoms. The SMILES string of the molecule is CC(C)=CCO[C@@H]1CCOC[C@@H]1NC(=O)c1cn(C)c(=O)[nH]c1=O. The number of nitrogens with one attached hydrogen (secondary N) is 2. The van der Waals surface area contributed by atoms with Gasteiger partial charge in [-0.15, -0.1) is 0 Å². The van der Waals surface area contributed by atoms with Crippen LogP contribution in [0.5, 0.6) is 0 Å². The van der Waals surface area contributed by atoms with Gasteiger partial charge in [0.2, 0.25) is 0 Å². The number of carbonyl (C=O) groups is 1. The van der Waals surface area contributed by atoms with Gasteiger partial charge in [-0.3, -0.25) is 14.6 Å². The highest BCUT2D eigenvalue weighted by molar-refractivity contribution is 5.93. The van der Waals surface area contributed by atoms with Gasteiger partial charge in [-0.25, -0.2) is 4.79 Å². The van der Waals surface area contributed by atoms with E-state index < -0.39 is 17.2 Å². The minimum atomic E-state index is -0.714. The van der Waals surface area contributed by atoms with Crippen molar-refractivity contribution in [2.24, 2.45) is 7.05 Å². The van der Waals surface area contributed by atoms with Crippen LogP contribution >= 0.6 is 0 Å². The number of ether oxygens (including phenoxy) is 2. The van der Waals surface area contributed by atoms with Gasteiger partial charge in [0.15, 0.2) is 0 Å². The summed E-state index contributed by atoms with van der Waals surface area (Å²) in [6.07, 6.45) is 3.65. The van der Waals surface area contributed by atoms with Crippen LogP contribution in [0.25, 0.3) is 0 Å². The summed E-state index contributed by atoms with van der Waals surface area (Å²) in [6, 6.07) is -0.353. The Balaban J connectivity index is 2.08. The number of aromatic nitrogens is 2. The van der Waals surface area contributed by atoms with Crippen LogP contribution in [0.2, 0.25) is 0 Å². The second kappa shape index (κ2) is 8.07. The Morgan fingerprint density at radius 3 is 2.96 bits per heavy atom. The average molecular weight is 337 g/mol. The molecular weight excluding hydrogens is 314 g/mol. The molecule has 1 aliphatic heterocycles. The molecule has 0 saturated carbocycles. The fourth-order valence-corrected chi connectivity index (χ4v) is 2.36. The van der Waals surface area contributed by atoms with Crippen molar-refractivity contribution in [1.29, 1.82) is 0 Å². The third-order valence-corrected chi connectivity index (χ3v) is 3.76. The first-order valence-electron chi connectivity index (χ1n) is 7.82. The second-order valence-corrected chi connectivity index (χ2v) is 6.01. The molecule has 0 radical (unpaired) electrons. The minimum absolute atomic E-state index is 0.120. The number of H-pyrrole nitrogens is 1. The van der Waals surface area contributed by atoms with E-state index in [0.717, 1.165) is 10.1 Å². The molecule has 1 aliphatic rings. The molecule has 2 atom stereocenters. The van der Waals surface area contributed by atoms with Crippen LogP contribution < -0.4 is 16.6 Å². The van der Waals surface area contributed by atoms with Crippen LogP contribution in [-0.2, 0) is 16.5 Å². The molecule has 2 heterocycles. The van der Waals surface area contributed by atoms with Crippen molar-refractivity contribution in [3.63, 3.8) is 0 Å². The Bertz CT molecular complexity index is 730. The highest BCUT2D eigenvalue weighted by atomic mass is 16.5. The number of amides is 1. The number of hydrogen-bond donors (Lipinski definition) is 2. The van der Waals surface area contributed by atoms with E-state index >= 15 is 0 Å². The molecule has 0 spiro atoms. The zero-order valence-corrected chi connectivity index (χ0v) is 14.1. The molecule has 132 valence electrons. The molecule has 8 nitrogen and oxygen atoms in total. The number of hydrogen-bond acceptors (Lipinski definition) is 5. The van der Waals surface area contributed by atoms with Gasteiger partial charge in [-0.1, -0.05) is 11.6 Å². The molecule has 1 saturated heterocycles. The molecule has 1 aromatic heterocycles. The fourth-order valence-electron chi connectivity index (χ4n) is 2.36. The Hall–Kier alpha value is -2.19. The standard InChI is InChI=1S/C16H23N3O5/c1-10(2)4-7-24-13-5-6-23-9-12(13)17-14(20)11-8-19(3)16(22)18-15(11)21/h4,8,12-13H,5-7,9H2,1-3H3,(H,17,20)(H,18,21,22)/t12-,13+/m0/s1. The van der Waals surface area contributed by atoms with Crippen molar-refractivity contribution in [2.75, 3.05) is 19.8 Å². The van der Waals surface area contributed by atoms with Crippen LogP contribution in [0, 0.1) is 0 Å². The van der Waals surface area contributed by atoms with Crippen LogP contribution in [0.15, 0.2) is 27.4 Å². The molecule has 0 aliphatic carbocycles. The maximum Gasteiger partial charge on any atom is 0.328 e. The first-order valence-corrected chi connectivity index (χ1v) is 7.82. The molecule has 1 amide bonds. The smallest absolute Gasteiger partial charge is 0.328 e. The zero-order chi connectivity index (χ0) is 17.7. The van der Waals surface area contributed by atoms with Crippen molar-refractivity contribution in [2.45, 2.75) is 32.4 Å². The van der Waals surface area contributed by atoms with Gasteiger partial charge < -0.3 is 19.4 Å². The highest BCUT2D eigenvalue weighted by Gasteiger charge is 2.28. The summed E-state index contributed by atoms with van der Waals surface area (Å²) in [6.45, 7) is 5.30. The van der Waals surface area contributed by atoms with E-state index in [-0.39, 0.29) is 17.7 Å². The summed E-state index contributed by atoms with van der Waals surface area (Å²) in [7, 11) is 1.46. The van der Waals surface area contributed by atoms with Crippen molar-refractivity contribution >= 4 is 5.91 Å². The second-order valence-electron chi connectivity index (χ2n) is 6.01. The topological polar surface area (TPSA) is 102 Å². The lowest BCUT2D eigenvalue weighted by molar-refractivity contribution is -0.0457. The first kappa shape index (κ1) is 18.2. The Morgan fingerprint density at radius 1 is 1.50 bits per heavy atom. The monoisotopic (exact) mass is 337 g/mol. The molecule has 0 bridgehead atoms. The third kappa shape index (κ3) is 4.65. The molecule has 24 heavy (non-hydrogen) atoms. The quantitative estimate of drug-likeness (QED) is 0.733. The van der Waals surface area contributed by atoms with Gasteiger partial charge in [0, 0.05) is 19.9 Å². The summed E-state index contributed by atoms with van der Waals surface area (Å²) in [4.78, 5) is 37.6. The van der Waals surface area contributed by atoms with Crippen molar-refractivity contribution < 1.29 is 14.3 Å². The lowest BCUT2D eigenvalue weighted by Gasteiger charge is -2.31. The first-order chi connectivity index (χ1) is 11.4. The number of aryl methyl sites for hydroxylation is 1. The summed E-state index contributed by atoms with van der Waals surface area (Å²) in [5.74, 6) is -0.557. The Labute approximate surface area is 139 Å². The lowest BCUT2D eigenvalue weighted by Crippen LogP contribution is -2.51. The number of carbonyl (C=O) groups excluding carboxylic acids is 1. The minimum Gasteiger partial charge on any atom is -0.379 e. The van der Waals surface area contributed by atoms with E-state index in [2.05, 4.69) is 10.3 Å². The normalized spacial score (nSPS) is 20.5. The van der Waals surface area contributed by atoms with E-state index in [1.807, 2.05) is 19.9 Å². The van der Waals surface area contributed by atoms with Crippen molar-refractivity contribution in [3.05, 3.63) is 44.2 Å². The molecule has 2 rings (SSSR count). The summed E-state index contributed by atoms with van der Waals surface area (Å²) in [5, 5.41) is 2.77. The maximum atomic E-state index is 12.4. The number of nitrogens with zero attached hydrogens (tertiary/aromatic N) is 1. The van der Waals surface area contributed by atoms with E-state index in [1.54, 1.807) is 0 Å². The molecule has 2 N–H and O–H groups in total. The van der Waals surface area contributed by atoms with Crippen LogP contribution in [0.1, 0.15) is 30.6 Å². The van der Waals surface area contributed by atoms with Gasteiger partial charge in [0.05, 0.1) is 25.4 Å². The molecular formula is C16H23N3O5. The van der Waals surface area contributed by atoms with Gasteiger partial charge in [-0.05, 0) is 20.3 Å². The summed E-state index contributed by atoms with van der Waals surface area (Å²) in [5.41, 5.74) is -0.250. The average Bonchev–Trinajstić information content (AvgIpc) is 2.52. The van der Waals surface area contributed by atoms with Crippen LogP contribution in [-0.4, -0.2) is 47.4 Å². The van der Waals surface area contributed by atoms with E-state index in [9.17, 15) is 14.4 Å².